The molecular formula is C36H50O2Si2. The molecule has 1 saturated carbocycles. The van der Waals surface area contributed by atoms with Crippen molar-refractivity contribution in [2.24, 2.45) is 23.7 Å². The fraction of sp³-hybridized carbons (Fsp3) is 0.500. The van der Waals surface area contributed by atoms with E-state index in [4.69, 9.17) is 8.85 Å². The average molecular weight is 571 g/mol. The molecule has 0 heterocycles. The molecule has 3 aliphatic rings. The molecule has 0 aliphatic heterocycles. The number of hydrogen-bond donors (Lipinski definition) is 0. The number of rotatable bonds is 9. The number of benzene rings is 2. The van der Waals surface area contributed by atoms with Crippen molar-refractivity contribution in [2.45, 2.75) is 84.0 Å². The van der Waals surface area contributed by atoms with Crippen molar-refractivity contribution >= 4 is 27.0 Å². The largest absolute Gasteiger partial charge is 0.546 e. The zero-order valence-corrected chi connectivity index (χ0v) is 28.0. The van der Waals surface area contributed by atoms with Gasteiger partial charge >= 0.3 is 0 Å². The summed E-state index contributed by atoms with van der Waals surface area (Å²) in [5.41, 5.74) is 1.51. The average Bonchev–Trinajstić information content (AvgIpc) is 3.60. The van der Waals surface area contributed by atoms with Gasteiger partial charge in [-0.15, -0.1) is 0 Å². The molecule has 2 bridgehead atoms. The minimum Gasteiger partial charge on any atom is -0.546 e. The van der Waals surface area contributed by atoms with Crippen LogP contribution in [0.15, 0.2) is 96.3 Å². The van der Waals surface area contributed by atoms with E-state index in [2.05, 4.69) is 140 Å². The minimum atomic E-state index is -2.48. The zero-order valence-electron chi connectivity index (χ0n) is 26.0. The molecule has 3 aliphatic carbocycles. The van der Waals surface area contributed by atoms with Crippen LogP contribution in [0.3, 0.4) is 0 Å². The highest BCUT2D eigenvalue weighted by Gasteiger charge is 2.53. The summed E-state index contributed by atoms with van der Waals surface area (Å²) in [6.07, 6.45) is 13.3. The van der Waals surface area contributed by atoms with Gasteiger partial charge in [-0.05, 0) is 76.3 Å². The van der Waals surface area contributed by atoms with E-state index in [9.17, 15) is 0 Å². The maximum Gasteiger partial charge on any atom is 0.261 e. The van der Waals surface area contributed by atoms with Crippen molar-refractivity contribution in [3.05, 3.63) is 96.3 Å². The van der Waals surface area contributed by atoms with E-state index in [1.165, 1.54) is 28.1 Å². The van der Waals surface area contributed by atoms with Crippen LogP contribution in [0.4, 0.5) is 0 Å². The Morgan fingerprint density at radius 2 is 1.32 bits per heavy atom. The highest BCUT2D eigenvalue weighted by Crippen LogP contribution is 2.58. The first-order chi connectivity index (χ1) is 18.9. The Morgan fingerprint density at radius 3 is 1.85 bits per heavy atom. The van der Waals surface area contributed by atoms with Gasteiger partial charge in [-0.2, -0.15) is 0 Å². The van der Waals surface area contributed by atoms with Gasteiger partial charge < -0.3 is 8.85 Å². The summed E-state index contributed by atoms with van der Waals surface area (Å²) in [6, 6.07) is 22.0. The van der Waals surface area contributed by atoms with Gasteiger partial charge in [0.2, 0.25) is 8.32 Å². The van der Waals surface area contributed by atoms with Crippen molar-refractivity contribution in [1.29, 1.82) is 0 Å². The monoisotopic (exact) mass is 570 g/mol. The van der Waals surface area contributed by atoms with Gasteiger partial charge in [-0.1, -0.05) is 120 Å². The van der Waals surface area contributed by atoms with Crippen molar-refractivity contribution in [3.63, 3.8) is 0 Å². The molecule has 2 nitrogen and oxygen atoms in total. The van der Waals surface area contributed by atoms with Gasteiger partial charge in [0.15, 0.2) is 0 Å². The van der Waals surface area contributed by atoms with E-state index in [0.29, 0.717) is 23.7 Å². The lowest BCUT2D eigenvalue weighted by atomic mass is 9.82. The lowest BCUT2D eigenvalue weighted by Gasteiger charge is -2.43. The van der Waals surface area contributed by atoms with Crippen LogP contribution in [0.2, 0.25) is 23.2 Å². The Hall–Kier alpha value is -2.15. The lowest BCUT2D eigenvalue weighted by molar-refractivity contribution is 0.283. The predicted octanol–water partition coefficient (Wildman–Crippen LogP) is 8.63. The fourth-order valence-corrected chi connectivity index (χ4v) is 12.8. The molecule has 4 heteroatoms. The molecule has 0 amide bonds. The van der Waals surface area contributed by atoms with Gasteiger partial charge in [0.05, 0.1) is 5.76 Å². The molecule has 1 fully saturated rings. The van der Waals surface area contributed by atoms with Crippen LogP contribution in [0.1, 0.15) is 60.8 Å². The third kappa shape index (κ3) is 5.28. The first kappa shape index (κ1) is 29.3. The van der Waals surface area contributed by atoms with Gasteiger partial charge in [-0.3, -0.25) is 0 Å². The highest BCUT2D eigenvalue weighted by atomic mass is 28.4. The summed E-state index contributed by atoms with van der Waals surface area (Å²) >= 11 is 0. The van der Waals surface area contributed by atoms with E-state index >= 15 is 0 Å². The van der Waals surface area contributed by atoms with Crippen LogP contribution in [-0.4, -0.2) is 23.2 Å². The molecule has 0 aromatic heterocycles. The predicted molar refractivity (Wildman–Crippen MR) is 175 cm³/mol. The molecule has 0 saturated heterocycles. The van der Waals surface area contributed by atoms with Gasteiger partial charge in [0, 0.05) is 18.4 Å². The Labute approximate surface area is 245 Å². The lowest BCUT2D eigenvalue weighted by Crippen LogP contribution is -2.66. The Bertz CT molecular complexity index is 1220. The van der Waals surface area contributed by atoms with E-state index in [0.717, 1.165) is 19.4 Å². The molecule has 0 radical (unpaired) electrons. The van der Waals surface area contributed by atoms with Crippen molar-refractivity contribution in [2.75, 3.05) is 6.61 Å². The van der Waals surface area contributed by atoms with Crippen LogP contribution in [0.5, 0.6) is 0 Å². The van der Waals surface area contributed by atoms with E-state index in [-0.39, 0.29) is 10.1 Å². The summed E-state index contributed by atoms with van der Waals surface area (Å²) in [7, 11) is -4.35. The summed E-state index contributed by atoms with van der Waals surface area (Å²) in [5.74, 6) is 3.75. The second kappa shape index (κ2) is 10.9. The van der Waals surface area contributed by atoms with E-state index in [1.54, 1.807) is 0 Å². The zero-order chi connectivity index (χ0) is 28.8. The molecule has 5 rings (SSSR count). The smallest absolute Gasteiger partial charge is 0.261 e. The SMILES string of the molecule is CC(C)(C)[Si](C)(C)OC1=C/C(=C/CCCO[Si](c2ccccc2)(c2ccccc2)C(C)(C)C)[C@@H]2[C@H]1[C@@H]1C=C[C@H]2C1. The molecule has 2 aromatic rings. The molecule has 214 valence electrons. The first-order valence-electron chi connectivity index (χ1n) is 15.4. The number of hydrogen-bond acceptors (Lipinski definition) is 2. The molecule has 0 N–H and O–H groups in total. The minimum absolute atomic E-state index is 0.0149. The van der Waals surface area contributed by atoms with Gasteiger partial charge in [0.1, 0.15) is 0 Å². The molecule has 40 heavy (non-hydrogen) atoms. The van der Waals surface area contributed by atoms with Crippen LogP contribution >= 0.6 is 0 Å². The Balaban J connectivity index is 1.34. The van der Waals surface area contributed by atoms with Gasteiger partial charge in [0.25, 0.3) is 8.32 Å². The molecular weight excluding hydrogens is 521 g/mol. The van der Waals surface area contributed by atoms with E-state index < -0.39 is 16.6 Å². The van der Waals surface area contributed by atoms with Crippen LogP contribution in [0.25, 0.3) is 0 Å². The summed E-state index contributed by atoms with van der Waals surface area (Å²) in [4.78, 5) is 0. The standard InChI is InChI=1S/C36H50O2Si2/c1-35(2,3)39(7,8)38-32-26-27(33-28-22-23-29(25-28)34(32)33)17-15-16-24-37-40(36(4,5)6,30-18-11-9-12-19-30)31-20-13-10-14-21-31/h9-14,17-23,26,28-29,33-34H,15-16,24-25H2,1-8H3/b27-17-/t28-,29+,33-,34-/m0/s1. The summed E-state index contributed by atoms with van der Waals surface area (Å²) in [6.45, 7) is 19.6. The summed E-state index contributed by atoms with van der Waals surface area (Å²) < 4.78 is 14.1. The van der Waals surface area contributed by atoms with Crippen LogP contribution < -0.4 is 10.4 Å². The van der Waals surface area contributed by atoms with Crippen molar-refractivity contribution in [1.82, 2.24) is 0 Å². The first-order valence-corrected chi connectivity index (χ1v) is 20.2. The van der Waals surface area contributed by atoms with Crippen LogP contribution in [-0.2, 0) is 8.85 Å². The van der Waals surface area contributed by atoms with E-state index in [1.807, 2.05) is 0 Å². The third-order valence-corrected chi connectivity index (χ3v) is 19.5. The van der Waals surface area contributed by atoms with Gasteiger partial charge in [-0.25, -0.2) is 0 Å². The highest BCUT2D eigenvalue weighted by molar-refractivity contribution is 6.99. The quantitative estimate of drug-likeness (QED) is 0.171. The maximum absolute atomic E-state index is 7.16. The Kier molecular flexibility index (Phi) is 8.02. The van der Waals surface area contributed by atoms with Crippen molar-refractivity contribution in [3.8, 4) is 0 Å². The fourth-order valence-electron chi connectivity index (χ4n) is 7.10. The third-order valence-electron chi connectivity index (χ3n) is 10.1. The topological polar surface area (TPSA) is 18.5 Å². The number of unbranched alkanes of at least 4 members (excludes halogenated alkanes) is 1. The number of allylic oxidation sites excluding steroid dienone is 6. The normalized spacial score (nSPS) is 25.4. The summed E-state index contributed by atoms with van der Waals surface area (Å²) in [5, 5.41) is 2.94. The molecule has 0 unspecified atom stereocenters. The molecule has 4 atom stereocenters. The second-order valence-corrected chi connectivity index (χ2v) is 23.8. The van der Waals surface area contributed by atoms with Crippen molar-refractivity contribution < 1.29 is 8.85 Å². The number of fused-ring (bicyclic) bond motifs is 5. The van der Waals surface area contributed by atoms with Crippen LogP contribution in [0, 0.1) is 23.7 Å². The molecule has 0 spiro atoms. The molecule has 2 aromatic carbocycles. The Morgan fingerprint density at radius 1 is 0.775 bits per heavy atom. The maximum atomic E-state index is 7.16. The second-order valence-electron chi connectivity index (χ2n) is 14.8.